The van der Waals surface area contributed by atoms with Crippen LogP contribution in [0, 0.1) is 6.92 Å². The van der Waals surface area contributed by atoms with Gasteiger partial charge < -0.3 is 10.6 Å². The van der Waals surface area contributed by atoms with E-state index >= 15 is 0 Å². The number of benzene rings is 2. The van der Waals surface area contributed by atoms with Crippen molar-refractivity contribution in [2.75, 3.05) is 5.32 Å². The molecule has 0 spiro atoms. The van der Waals surface area contributed by atoms with Crippen LogP contribution in [-0.2, 0) is 6.54 Å². The van der Waals surface area contributed by atoms with Gasteiger partial charge in [-0.3, -0.25) is 14.6 Å². The monoisotopic (exact) mass is 379 g/mol. The molecule has 3 aromatic rings. The van der Waals surface area contributed by atoms with E-state index in [0.717, 1.165) is 11.1 Å². The lowest BCUT2D eigenvalue weighted by Gasteiger charge is -2.08. The zero-order chi connectivity index (χ0) is 19.2. The number of anilines is 1. The van der Waals surface area contributed by atoms with E-state index in [-0.39, 0.29) is 11.6 Å². The van der Waals surface area contributed by atoms with Crippen molar-refractivity contribution in [1.82, 2.24) is 10.3 Å². The third kappa shape index (κ3) is 5.15. The maximum Gasteiger partial charge on any atom is 0.274 e. The third-order valence-corrected chi connectivity index (χ3v) is 4.18. The summed E-state index contributed by atoms with van der Waals surface area (Å²) in [6.45, 7) is 2.42. The van der Waals surface area contributed by atoms with Crippen LogP contribution in [0.2, 0.25) is 5.02 Å². The van der Waals surface area contributed by atoms with Gasteiger partial charge in [-0.05, 0) is 48.9 Å². The molecule has 0 aliphatic carbocycles. The van der Waals surface area contributed by atoms with Crippen LogP contribution in [-0.4, -0.2) is 16.8 Å². The molecule has 2 N–H and O–H groups in total. The van der Waals surface area contributed by atoms with Gasteiger partial charge in [0.1, 0.15) is 5.69 Å². The molecule has 0 saturated heterocycles. The van der Waals surface area contributed by atoms with E-state index in [4.69, 9.17) is 11.6 Å². The summed E-state index contributed by atoms with van der Waals surface area (Å²) in [5, 5.41) is 6.15. The molecule has 3 rings (SSSR count). The van der Waals surface area contributed by atoms with Crippen LogP contribution in [0.15, 0.2) is 66.9 Å². The third-order valence-electron chi connectivity index (χ3n) is 3.93. The Labute approximate surface area is 162 Å². The zero-order valence-electron chi connectivity index (χ0n) is 14.7. The summed E-state index contributed by atoms with van der Waals surface area (Å²) in [4.78, 5) is 28.8. The fourth-order valence-electron chi connectivity index (χ4n) is 2.41. The van der Waals surface area contributed by atoms with Gasteiger partial charge in [0.25, 0.3) is 11.8 Å². The van der Waals surface area contributed by atoms with Crippen molar-refractivity contribution < 1.29 is 9.59 Å². The summed E-state index contributed by atoms with van der Waals surface area (Å²) < 4.78 is 0. The van der Waals surface area contributed by atoms with Crippen LogP contribution in [0.4, 0.5) is 5.69 Å². The van der Waals surface area contributed by atoms with Crippen LogP contribution >= 0.6 is 11.6 Å². The number of nitrogens with zero attached hydrogens (tertiary/aromatic N) is 1. The summed E-state index contributed by atoms with van der Waals surface area (Å²) in [5.41, 5.74) is 3.30. The van der Waals surface area contributed by atoms with Crippen molar-refractivity contribution in [3.8, 4) is 0 Å². The zero-order valence-corrected chi connectivity index (χ0v) is 15.5. The molecular formula is C21H18ClN3O2. The van der Waals surface area contributed by atoms with Crippen LogP contribution in [0.3, 0.4) is 0 Å². The fourth-order valence-corrected chi connectivity index (χ4v) is 2.54. The number of aromatic nitrogens is 1. The molecule has 0 fully saturated rings. The van der Waals surface area contributed by atoms with Crippen LogP contribution < -0.4 is 10.6 Å². The Morgan fingerprint density at radius 3 is 2.37 bits per heavy atom. The number of carbonyl (C=O) groups is 2. The van der Waals surface area contributed by atoms with Crippen molar-refractivity contribution in [3.05, 3.63) is 94.3 Å². The number of hydrogen-bond acceptors (Lipinski definition) is 3. The Morgan fingerprint density at radius 2 is 1.67 bits per heavy atom. The fraction of sp³-hybridized carbons (Fsp3) is 0.0952. The number of pyridine rings is 1. The summed E-state index contributed by atoms with van der Waals surface area (Å²) in [6, 6.07) is 17.7. The second-order valence-electron chi connectivity index (χ2n) is 6.06. The Balaban J connectivity index is 1.65. The maximum absolute atomic E-state index is 12.4. The van der Waals surface area contributed by atoms with Gasteiger partial charge in [-0.1, -0.05) is 41.4 Å². The maximum atomic E-state index is 12.4. The van der Waals surface area contributed by atoms with E-state index in [2.05, 4.69) is 15.6 Å². The molecule has 0 aliphatic heterocycles. The van der Waals surface area contributed by atoms with Gasteiger partial charge in [0.2, 0.25) is 0 Å². The first kappa shape index (κ1) is 18.6. The Morgan fingerprint density at radius 1 is 0.963 bits per heavy atom. The molecular weight excluding hydrogens is 362 g/mol. The Hall–Kier alpha value is -3.18. The number of amides is 2. The largest absolute Gasteiger partial charge is 0.348 e. The molecule has 0 radical (unpaired) electrons. The molecule has 5 nitrogen and oxygen atoms in total. The molecule has 2 aromatic carbocycles. The molecule has 136 valence electrons. The number of aryl methyl sites for hydroxylation is 1. The van der Waals surface area contributed by atoms with E-state index in [1.165, 1.54) is 12.3 Å². The highest BCUT2D eigenvalue weighted by atomic mass is 35.5. The highest BCUT2D eigenvalue weighted by Gasteiger charge is 2.12. The molecule has 1 aromatic heterocycles. The lowest BCUT2D eigenvalue weighted by Crippen LogP contribution is -2.23. The van der Waals surface area contributed by atoms with Crippen molar-refractivity contribution >= 4 is 29.1 Å². The van der Waals surface area contributed by atoms with Gasteiger partial charge >= 0.3 is 0 Å². The lowest BCUT2D eigenvalue weighted by atomic mass is 10.1. The molecule has 2 amide bonds. The summed E-state index contributed by atoms with van der Waals surface area (Å²) in [5.74, 6) is -0.663. The van der Waals surface area contributed by atoms with E-state index in [9.17, 15) is 9.59 Å². The average molecular weight is 380 g/mol. The Bertz CT molecular complexity index is 954. The first-order valence-corrected chi connectivity index (χ1v) is 8.76. The van der Waals surface area contributed by atoms with Crippen molar-refractivity contribution in [3.63, 3.8) is 0 Å². The molecule has 0 unspecified atom stereocenters. The highest BCUT2D eigenvalue weighted by Crippen LogP contribution is 2.14. The summed E-state index contributed by atoms with van der Waals surface area (Å²) >= 11 is 5.83. The molecule has 0 bridgehead atoms. The second-order valence-corrected chi connectivity index (χ2v) is 6.50. The average Bonchev–Trinajstić information content (AvgIpc) is 2.69. The number of carbonyl (C=O) groups excluding carboxylic acids is 2. The van der Waals surface area contributed by atoms with Crippen molar-refractivity contribution in [2.45, 2.75) is 13.5 Å². The second kappa shape index (κ2) is 8.47. The van der Waals surface area contributed by atoms with Crippen LogP contribution in [0.1, 0.15) is 32.0 Å². The van der Waals surface area contributed by atoms with Crippen LogP contribution in [0.5, 0.6) is 0 Å². The Kier molecular flexibility index (Phi) is 5.84. The van der Waals surface area contributed by atoms with Gasteiger partial charge in [0.05, 0.1) is 0 Å². The van der Waals surface area contributed by atoms with E-state index in [0.29, 0.717) is 22.8 Å². The van der Waals surface area contributed by atoms with Gasteiger partial charge in [-0.25, -0.2) is 0 Å². The van der Waals surface area contributed by atoms with Gasteiger partial charge in [0.15, 0.2) is 0 Å². The topological polar surface area (TPSA) is 71.1 Å². The SMILES string of the molecule is Cc1ccc(CNC(=O)c2ccnc(C(=O)Nc3ccc(Cl)cc3)c2)cc1. The molecule has 6 heteroatoms. The molecule has 27 heavy (non-hydrogen) atoms. The highest BCUT2D eigenvalue weighted by molar-refractivity contribution is 6.30. The minimum atomic E-state index is -0.398. The molecule has 1 heterocycles. The number of halogens is 1. The minimum absolute atomic E-state index is 0.160. The molecule has 0 aliphatic rings. The smallest absolute Gasteiger partial charge is 0.274 e. The normalized spacial score (nSPS) is 10.3. The van der Waals surface area contributed by atoms with Crippen molar-refractivity contribution in [1.29, 1.82) is 0 Å². The molecule has 0 atom stereocenters. The quantitative estimate of drug-likeness (QED) is 0.697. The molecule has 0 saturated carbocycles. The van der Waals surface area contributed by atoms with E-state index < -0.39 is 5.91 Å². The van der Waals surface area contributed by atoms with E-state index in [1.807, 2.05) is 31.2 Å². The first-order chi connectivity index (χ1) is 13.0. The van der Waals surface area contributed by atoms with Crippen molar-refractivity contribution in [2.24, 2.45) is 0 Å². The predicted molar refractivity (Wildman–Crippen MR) is 106 cm³/mol. The van der Waals surface area contributed by atoms with Gasteiger partial charge in [0, 0.05) is 29.0 Å². The van der Waals surface area contributed by atoms with E-state index in [1.54, 1.807) is 30.3 Å². The number of rotatable bonds is 5. The summed E-state index contributed by atoms with van der Waals surface area (Å²) in [7, 11) is 0. The first-order valence-electron chi connectivity index (χ1n) is 8.38. The van der Waals surface area contributed by atoms with Crippen LogP contribution in [0.25, 0.3) is 0 Å². The predicted octanol–water partition coefficient (Wildman–Crippen LogP) is 4.23. The van der Waals surface area contributed by atoms with Gasteiger partial charge in [-0.2, -0.15) is 0 Å². The lowest BCUT2D eigenvalue weighted by molar-refractivity contribution is 0.0951. The minimum Gasteiger partial charge on any atom is -0.348 e. The standard InChI is InChI=1S/C21H18ClN3O2/c1-14-2-4-15(5-3-14)13-24-20(26)16-10-11-23-19(12-16)21(27)25-18-8-6-17(22)7-9-18/h2-12H,13H2,1H3,(H,24,26)(H,25,27). The summed E-state index contributed by atoms with van der Waals surface area (Å²) in [6.07, 6.45) is 1.44. The number of nitrogens with one attached hydrogen (secondary N) is 2. The number of hydrogen-bond donors (Lipinski definition) is 2. The van der Waals surface area contributed by atoms with Gasteiger partial charge in [-0.15, -0.1) is 0 Å².